The van der Waals surface area contributed by atoms with E-state index < -0.39 is 18.0 Å². The Kier molecular flexibility index (Phi) is 2.95. The van der Waals surface area contributed by atoms with Crippen molar-refractivity contribution in [2.75, 3.05) is 0 Å². The number of alkyl halides is 2. The number of ketones is 1. The van der Waals surface area contributed by atoms with Gasteiger partial charge in [-0.05, 0) is 0 Å². The van der Waals surface area contributed by atoms with Gasteiger partial charge in [-0.3, -0.25) is 9.48 Å². The van der Waals surface area contributed by atoms with E-state index in [4.69, 9.17) is 0 Å². The SMILES string of the molecule is Cn1cc(C(O)=CC(=O)C(F)F)cn1. The zero-order chi connectivity index (χ0) is 10.7. The summed E-state index contributed by atoms with van der Waals surface area (Å²) in [5.41, 5.74) is 0.224. The van der Waals surface area contributed by atoms with Gasteiger partial charge in [0.2, 0.25) is 5.78 Å². The minimum atomic E-state index is -3.10. The van der Waals surface area contributed by atoms with Crippen molar-refractivity contribution in [1.29, 1.82) is 0 Å². The molecule has 0 fully saturated rings. The van der Waals surface area contributed by atoms with Gasteiger partial charge < -0.3 is 5.11 Å². The van der Waals surface area contributed by atoms with Gasteiger partial charge in [0.15, 0.2) is 0 Å². The minimum Gasteiger partial charge on any atom is -0.507 e. The van der Waals surface area contributed by atoms with Crippen LogP contribution >= 0.6 is 0 Å². The average Bonchev–Trinajstić information content (AvgIpc) is 2.51. The molecule has 1 rings (SSSR count). The van der Waals surface area contributed by atoms with Crippen molar-refractivity contribution in [1.82, 2.24) is 9.78 Å². The Morgan fingerprint density at radius 3 is 2.79 bits per heavy atom. The van der Waals surface area contributed by atoms with Crippen LogP contribution in [-0.2, 0) is 11.8 Å². The summed E-state index contributed by atoms with van der Waals surface area (Å²) in [6, 6.07) is 0. The van der Waals surface area contributed by atoms with Gasteiger partial charge >= 0.3 is 0 Å². The van der Waals surface area contributed by atoms with E-state index in [1.165, 1.54) is 17.1 Å². The lowest BCUT2D eigenvalue weighted by molar-refractivity contribution is -0.124. The predicted octanol–water partition coefficient (Wildman–Crippen LogP) is 1.15. The van der Waals surface area contributed by atoms with Gasteiger partial charge in [-0.15, -0.1) is 0 Å². The first-order chi connectivity index (χ1) is 6.50. The molecule has 0 aliphatic heterocycles. The number of hydrogen-bond donors (Lipinski definition) is 1. The monoisotopic (exact) mass is 202 g/mol. The molecular weight excluding hydrogens is 194 g/mol. The van der Waals surface area contributed by atoms with Crippen LogP contribution in [0.25, 0.3) is 5.76 Å². The number of allylic oxidation sites excluding steroid dienone is 1. The van der Waals surface area contributed by atoms with Crippen LogP contribution in [0.4, 0.5) is 8.78 Å². The molecule has 0 aromatic carbocycles. The lowest BCUT2D eigenvalue weighted by Gasteiger charge is -1.94. The highest BCUT2D eigenvalue weighted by atomic mass is 19.3. The standard InChI is InChI=1S/C8H8F2N2O2/c1-12-4-5(3-11-12)6(13)2-7(14)8(9)10/h2-4,8,13H,1H3. The van der Waals surface area contributed by atoms with E-state index in [0.29, 0.717) is 6.08 Å². The van der Waals surface area contributed by atoms with Crippen molar-refractivity contribution < 1.29 is 18.7 Å². The predicted molar refractivity (Wildman–Crippen MR) is 44.8 cm³/mol. The molecule has 0 spiro atoms. The van der Waals surface area contributed by atoms with E-state index in [0.717, 1.165) is 0 Å². The van der Waals surface area contributed by atoms with Crippen molar-refractivity contribution in [3.63, 3.8) is 0 Å². The molecule has 1 aromatic heterocycles. The Labute approximate surface area is 78.5 Å². The van der Waals surface area contributed by atoms with Crippen LogP contribution in [0.5, 0.6) is 0 Å². The van der Waals surface area contributed by atoms with Gasteiger partial charge in [0.1, 0.15) is 5.76 Å². The summed E-state index contributed by atoms with van der Waals surface area (Å²) < 4.78 is 24.9. The molecule has 6 heteroatoms. The number of halogens is 2. The molecule has 0 aliphatic carbocycles. The lowest BCUT2D eigenvalue weighted by Crippen LogP contribution is -2.06. The van der Waals surface area contributed by atoms with Crippen LogP contribution in [0, 0.1) is 0 Å². The second-order valence-electron chi connectivity index (χ2n) is 2.64. The summed E-state index contributed by atoms with van der Waals surface area (Å²) in [6.45, 7) is 0. The summed E-state index contributed by atoms with van der Waals surface area (Å²) in [6.07, 6.45) is 0.0606. The highest BCUT2D eigenvalue weighted by molar-refractivity contribution is 5.97. The third-order valence-corrected chi connectivity index (χ3v) is 1.49. The molecular formula is C8H8F2N2O2. The number of hydrogen-bond acceptors (Lipinski definition) is 3. The molecule has 0 saturated carbocycles. The Bertz CT molecular complexity index is 371. The molecule has 0 atom stereocenters. The number of aliphatic hydroxyl groups is 1. The zero-order valence-corrected chi connectivity index (χ0v) is 7.32. The maximum Gasteiger partial charge on any atom is 0.300 e. The third-order valence-electron chi connectivity index (χ3n) is 1.49. The van der Waals surface area contributed by atoms with Gasteiger partial charge in [-0.1, -0.05) is 0 Å². The highest BCUT2D eigenvalue weighted by Crippen LogP contribution is 2.10. The fourth-order valence-corrected chi connectivity index (χ4v) is 0.835. The quantitative estimate of drug-likeness (QED) is 0.591. The second kappa shape index (κ2) is 3.99. The van der Waals surface area contributed by atoms with E-state index in [9.17, 15) is 18.7 Å². The van der Waals surface area contributed by atoms with Crippen molar-refractivity contribution in [3.8, 4) is 0 Å². The fraction of sp³-hybridized carbons (Fsp3) is 0.250. The molecule has 1 N–H and O–H groups in total. The summed E-state index contributed by atoms with van der Waals surface area (Å²) in [4.78, 5) is 10.5. The molecule has 76 valence electrons. The topological polar surface area (TPSA) is 55.1 Å². The molecule has 14 heavy (non-hydrogen) atoms. The van der Waals surface area contributed by atoms with E-state index in [1.54, 1.807) is 7.05 Å². The molecule has 4 nitrogen and oxygen atoms in total. The van der Waals surface area contributed by atoms with Crippen LogP contribution in [0.1, 0.15) is 5.56 Å². The number of nitrogens with zero attached hydrogens (tertiary/aromatic N) is 2. The Balaban J connectivity index is 2.84. The third kappa shape index (κ3) is 2.38. The van der Waals surface area contributed by atoms with Crippen molar-refractivity contribution in [2.45, 2.75) is 6.43 Å². The summed E-state index contributed by atoms with van der Waals surface area (Å²) in [7, 11) is 1.60. The largest absolute Gasteiger partial charge is 0.507 e. The van der Waals surface area contributed by atoms with Crippen molar-refractivity contribution >= 4 is 11.5 Å². The number of aliphatic hydroxyl groups excluding tert-OH is 1. The van der Waals surface area contributed by atoms with Gasteiger partial charge in [0.05, 0.1) is 11.8 Å². The maximum absolute atomic E-state index is 11.8. The Hall–Kier alpha value is -1.72. The minimum absolute atomic E-state index is 0.224. The van der Waals surface area contributed by atoms with Crippen LogP contribution in [0.3, 0.4) is 0 Å². The zero-order valence-electron chi connectivity index (χ0n) is 7.32. The van der Waals surface area contributed by atoms with Crippen LogP contribution in [-0.4, -0.2) is 27.1 Å². The normalized spacial score (nSPS) is 12.1. The average molecular weight is 202 g/mol. The summed E-state index contributed by atoms with van der Waals surface area (Å²) in [5.74, 6) is -1.94. The van der Waals surface area contributed by atoms with Crippen molar-refractivity contribution in [2.24, 2.45) is 7.05 Å². The first-order valence-corrected chi connectivity index (χ1v) is 3.72. The molecule has 0 bridgehead atoms. The fourth-order valence-electron chi connectivity index (χ4n) is 0.835. The lowest BCUT2D eigenvalue weighted by atomic mass is 10.2. The van der Waals surface area contributed by atoms with Gasteiger partial charge in [0.25, 0.3) is 6.43 Å². The molecule has 1 aromatic rings. The van der Waals surface area contributed by atoms with E-state index in [1.807, 2.05) is 0 Å². The second-order valence-corrected chi connectivity index (χ2v) is 2.64. The van der Waals surface area contributed by atoms with Gasteiger partial charge in [-0.25, -0.2) is 8.78 Å². The van der Waals surface area contributed by atoms with Crippen LogP contribution < -0.4 is 0 Å². The number of carbonyl (C=O) groups excluding carboxylic acids is 1. The first kappa shape index (κ1) is 10.4. The molecule has 0 amide bonds. The van der Waals surface area contributed by atoms with E-state index in [2.05, 4.69) is 5.10 Å². The summed E-state index contributed by atoms with van der Waals surface area (Å²) in [5, 5.41) is 12.9. The van der Waals surface area contributed by atoms with Crippen LogP contribution in [0.15, 0.2) is 18.5 Å². The number of aryl methyl sites for hydroxylation is 1. The molecule has 0 aliphatic rings. The Morgan fingerprint density at radius 1 is 1.71 bits per heavy atom. The Morgan fingerprint density at radius 2 is 2.36 bits per heavy atom. The smallest absolute Gasteiger partial charge is 0.300 e. The highest BCUT2D eigenvalue weighted by Gasteiger charge is 2.14. The molecule has 1 heterocycles. The summed E-state index contributed by atoms with van der Waals surface area (Å²) >= 11 is 0. The first-order valence-electron chi connectivity index (χ1n) is 3.72. The van der Waals surface area contributed by atoms with Crippen molar-refractivity contribution in [3.05, 3.63) is 24.0 Å². The van der Waals surface area contributed by atoms with E-state index in [-0.39, 0.29) is 5.56 Å². The van der Waals surface area contributed by atoms with Gasteiger partial charge in [-0.2, -0.15) is 5.10 Å². The molecule has 0 unspecified atom stereocenters. The number of aromatic nitrogens is 2. The van der Waals surface area contributed by atoms with Gasteiger partial charge in [0, 0.05) is 19.3 Å². The number of carbonyl (C=O) groups is 1. The van der Waals surface area contributed by atoms with E-state index >= 15 is 0 Å². The molecule has 0 saturated heterocycles. The maximum atomic E-state index is 11.8. The molecule has 0 radical (unpaired) electrons. The number of rotatable bonds is 3. The van der Waals surface area contributed by atoms with Crippen LogP contribution in [0.2, 0.25) is 0 Å².